The Morgan fingerprint density at radius 1 is 1.14 bits per heavy atom. The SMILES string of the molecule is N#CC(NC(=O)C1CCN(S(=O)(=O)Cc2ccccc2)CC1)c1ccccc1F. The average Bonchev–Trinajstić information content (AvgIpc) is 2.73. The smallest absolute Gasteiger partial charge is 0.224 e. The first-order valence-corrected chi connectivity index (χ1v) is 11.0. The van der Waals surface area contributed by atoms with Crippen LogP contribution < -0.4 is 5.32 Å². The highest BCUT2D eigenvalue weighted by Gasteiger charge is 2.32. The summed E-state index contributed by atoms with van der Waals surface area (Å²) in [5.41, 5.74) is 0.834. The van der Waals surface area contributed by atoms with Crippen molar-refractivity contribution in [3.05, 3.63) is 71.5 Å². The van der Waals surface area contributed by atoms with Crippen molar-refractivity contribution in [3.63, 3.8) is 0 Å². The van der Waals surface area contributed by atoms with Crippen molar-refractivity contribution in [1.29, 1.82) is 5.26 Å². The highest BCUT2D eigenvalue weighted by molar-refractivity contribution is 7.88. The zero-order valence-electron chi connectivity index (χ0n) is 15.8. The first-order valence-electron chi connectivity index (χ1n) is 9.37. The van der Waals surface area contributed by atoms with Gasteiger partial charge in [-0.1, -0.05) is 48.5 Å². The molecule has 0 spiro atoms. The average molecular weight is 415 g/mol. The molecule has 0 bridgehead atoms. The summed E-state index contributed by atoms with van der Waals surface area (Å²) in [6, 6.07) is 15.6. The van der Waals surface area contributed by atoms with Crippen LogP contribution in [0, 0.1) is 23.1 Å². The van der Waals surface area contributed by atoms with E-state index in [1.807, 2.05) is 12.1 Å². The van der Waals surface area contributed by atoms with Gasteiger partial charge < -0.3 is 5.32 Å². The van der Waals surface area contributed by atoms with Gasteiger partial charge in [0.2, 0.25) is 15.9 Å². The number of nitriles is 1. The number of nitrogens with zero attached hydrogens (tertiary/aromatic N) is 2. The number of nitrogens with one attached hydrogen (secondary N) is 1. The van der Waals surface area contributed by atoms with Gasteiger partial charge >= 0.3 is 0 Å². The normalized spacial score (nSPS) is 16.7. The molecule has 1 atom stereocenters. The van der Waals surface area contributed by atoms with Crippen molar-refractivity contribution in [2.45, 2.75) is 24.6 Å². The van der Waals surface area contributed by atoms with Crippen molar-refractivity contribution in [2.24, 2.45) is 5.92 Å². The van der Waals surface area contributed by atoms with Gasteiger partial charge in [-0.2, -0.15) is 5.26 Å². The van der Waals surface area contributed by atoms with E-state index in [0.29, 0.717) is 18.4 Å². The maximum atomic E-state index is 13.9. The first kappa shape index (κ1) is 21.0. The Labute approximate surface area is 170 Å². The number of halogens is 1. The highest BCUT2D eigenvalue weighted by atomic mass is 32.2. The van der Waals surface area contributed by atoms with Crippen LogP contribution in [0.25, 0.3) is 0 Å². The molecule has 0 aromatic heterocycles. The molecule has 1 aliphatic rings. The molecule has 2 aromatic rings. The Balaban J connectivity index is 1.58. The second-order valence-electron chi connectivity index (χ2n) is 7.01. The molecule has 1 unspecified atom stereocenters. The standard InChI is InChI=1S/C21H22FN3O3S/c22-19-9-5-4-8-18(19)20(14-23)24-21(26)17-10-12-25(13-11-17)29(27,28)15-16-6-2-1-3-7-16/h1-9,17,20H,10-13,15H2,(H,24,26). The molecule has 2 aromatic carbocycles. The Hall–Kier alpha value is -2.76. The molecule has 6 nitrogen and oxygen atoms in total. The van der Waals surface area contributed by atoms with Crippen molar-refractivity contribution < 1.29 is 17.6 Å². The summed E-state index contributed by atoms with van der Waals surface area (Å²) in [5, 5.41) is 11.9. The van der Waals surface area contributed by atoms with E-state index in [4.69, 9.17) is 0 Å². The third-order valence-corrected chi connectivity index (χ3v) is 6.89. The van der Waals surface area contributed by atoms with Gasteiger partial charge in [0.15, 0.2) is 0 Å². The van der Waals surface area contributed by atoms with Gasteiger partial charge in [0.25, 0.3) is 0 Å². The number of hydrogen-bond donors (Lipinski definition) is 1. The summed E-state index contributed by atoms with van der Waals surface area (Å²) in [7, 11) is -3.46. The largest absolute Gasteiger partial charge is 0.336 e. The Morgan fingerprint density at radius 2 is 1.76 bits per heavy atom. The van der Waals surface area contributed by atoms with Crippen molar-refractivity contribution in [1.82, 2.24) is 9.62 Å². The van der Waals surface area contributed by atoms with Gasteiger partial charge in [0.05, 0.1) is 11.8 Å². The maximum Gasteiger partial charge on any atom is 0.224 e. The lowest BCUT2D eigenvalue weighted by molar-refractivity contribution is -0.126. The summed E-state index contributed by atoms with van der Waals surface area (Å²) in [6.07, 6.45) is 0.713. The molecule has 1 aliphatic heterocycles. The first-order chi connectivity index (χ1) is 13.9. The fourth-order valence-electron chi connectivity index (χ4n) is 3.42. The van der Waals surface area contributed by atoms with Crippen LogP contribution in [-0.4, -0.2) is 31.7 Å². The molecular formula is C21H22FN3O3S. The van der Waals surface area contributed by atoms with Crippen LogP contribution in [-0.2, 0) is 20.6 Å². The molecule has 1 amide bonds. The van der Waals surface area contributed by atoms with E-state index in [2.05, 4.69) is 5.32 Å². The minimum absolute atomic E-state index is 0.0749. The molecule has 152 valence electrons. The summed E-state index contributed by atoms with van der Waals surface area (Å²) in [6.45, 7) is 0.480. The molecule has 0 saturated carbocycles. The van der Waals surface area contributed by atoms with Gasteiger partial charge in [-0.3, -0.25) is 4.79 Å². The maximum absolute atomic E-state index is 13.9. The van der Waals surface area contributed by atoms with Gasteiger partial charge in [0.1, 0.15) is 11.9 Å². The molecule has 1 saturated heterocycles. The van der Waals surface area contributed by atoms with Crippen molar-refractivity contribution in [3.8, 4) is 6.07 Å². The van der Waals surface area contributed by atoms with Gasteiger partial charge in [-0.05, 0) is 24.5 Å². The van der Waals surface area contributed by atoms with E-state index in [1.165, 1.54) is 22.5 Å². The number of rotatable bonds is 6. The third-order valence-electron chi connectivity index (χ3n) is 5.04. The van der Waals surface area contributed by atoms with Crippen LogP contribution in [0.2, 0.25) is 0 Å². The predicted octanol–water partition coefficient (Wildman–Crippen LogP) is 2.75. The van der Waals surface area contributed by atoms with E-state index in [1.54, 1.807) is 30.3 Å². The summed E-state index contributed by atoms with van der Waals surface area (Å²) in [4.78, 5) is 12.5. The van der Waals surface area contributed by atoms with E-state index in [0.717, 1.165) is 0 Å². The van der Waals surface area contributed by atoms with Crippen molar-refractivity contribution >= 4 is 15.9 Å². The fourth-order valence-corrected chi connectivity index (χ4v) is 4.98. The lowest BCUT2D eigenvalue weighted by Gasteiger charge is -2.31. The van der Waals surface area contributed by atoms with E-state index in [-0.39, 0.29) is 30.3 Å². The molecule has 0 aliphatic carbocycles. The molecule has 3 rings (SSSR count). The second-order valence-corrected chi connectivity index (χ2v) is 8.98. The lowest BCUT2D eigenvalue weighted by Crippen LogP contribution is -2.44. The summed E-state index contributed by atoms with van der Waals surface area (Å²) in [5.74, 6) is -1.41. The van der Waals surface area contributed by atoms with Gasteiger partial charge in [-0.15, -0.1) is 0 Å². The van der Waals surface area contributed by atoms with Crippen LogP contribution in [0.4, 0.5) is 4.39 Å². The topological polar surface area (TPSA) is 90.3 Å². The van der Waals surface area contributed by atoms with Crippen LogP contribution >= 0.6 is 0 Å². The zero-order valence-corrected chi connectivity index (χ0v) is 16.6. The number of carbonyl (C=O) groups excluding carboxylic acids is 1. The van der Waals surface area contributed by atoms with Crippen LogP contribution in [0.3, 0.4) is 0 Å². The number of sulfonamides is 1. The lowest BCUT2D eigenvalue weighted by atomic mass is 9.96. The molecule has 1 N–H and O–H groups in total. The predicted molar refractivity (Wildman–Crippen MR) is 106 cm³/mol. The van der Waals surface area contributed by atoms with Gasteiger partial charge in [-0.25, -0.2) is 17.1 Å². The molecule has 1 fully saturated rings. The second kappa shape index (κ2) is 9.16. The minimum Gasteiger partial charge on any atom is -0.336 e. The number of piperidine rings is 1. The Morgan fingerprint density at radius 3 is 2.38 bits per heavy atom. The Bertz CT molecular complexity index is 997. The monoisotopic (exact) mass is 415 g/mol. The van der Waals surface area contributed by atoms with Gasteiger partial charge in [0, 0.05) is 24.6 Å². The summed E-state index contributed by atoms with van der Waals surface area (Å²) >= 11 is 0. The zero-order chi connectivity index (χ0) is 20.9. The highest BCUT2D eigenvalue weighted by Crippen LogP contribution is 2.23. The van der Waals surface area contributed by atoms with E-state index >= 15 is 0 Å². The molecular weight excluding hydrogens is 393 g/mol. The summed E-state index contributed by atoms with van der Waals surface area (Å²) < 4.78 is 40.5. The molecule has 8 heteroatoms. The fraction of sp³-hybridized carbons (Fsp3) is 0.333. The quantitative estimate of drug-likeness (QED) is 0.786. The number of amides is 1. The van der Waals surface area contributed by atoms with E-state index in [9.17, 15) is 22.9 Å². The molecule has 1 heterocycles. The van der Waals surface area contributed by atoms with Crippen LogP contribution in [0.5, 0.6) is 0 Å². The van der Waals surface area contributed by atoms with E-state index < -0.39 is 27.8 Å². The van der Waals surface area contributed by atoms with Crippen LogP contribution in [0.1, 0.15) is 30.0 Å². The van der Waals surface area contributed by atoms with Crippen molar-refractivity contribution in [2.75, 3.05) is 13.1 Å². The third kappa shape index (κ3) is 5.19. The number of carbonyl (C=O) groups is 1. The number of benzene rings is 2. The number of hydrogen-bond acceptors (Lipinski definition) is 4. The minimum atomic E-state index is -3.46. The Kier molecular flexibility index (Phi) is 6.62. The van der Waals surface area contributed by atoms with Crippen LogP contribution in [0.15, 0.2) is 54.6 Å². The molecule has 29 heavy (non-hydrogen) atoms. The molecule has 0 radical (unpaired) electrons.